The first-order chi connectivity index (χ1) is 17.4. The minimum atomic E-state index is -2.10. The molecule has 0 saturated carbocycles. The van der Waals surface area contributed by atoms with Crippen LogP contribution in [0.2, 0.25) is 0 Å². The molecule has 1 aliphatic rings. The number of hydrogen-bond acceptors (Lipinski definition) is 8. The fourth-order valence-electron chi connectivity index (χ4n) is 3.62. The molecule has 1 saturated heterocycles. The van der Waals surface area contributed by atoms with E-state index < -0.39 is 55.3 Å². The lowest BCUT2D eigenvalue weighted by atomic mass is 9.99. The van der Waals surface area contributed by atoms with E-state index in [4.69, 9.17) is 18.9 Å². The van der Waals surface area contributed by atoms with Gasteiger partial charge < -0.3 is 24.1 Å². The zero-order valence-electron chi connectivity index (χ0n) is 18.9. The van der Waals surface area contributed by atoms with E-state index >= 15 is 4.39 Å². The summed E-state index contributed by atoms with van der Waals surface area (Å²) in [6, 6.07) is 23.7. The summed E-state index contributed by atoms with van der Waals surface area (Å²) >= 11 is 0. The molecule has 0 spiro atoms. The third-order valence-corrected chi connectivity index (χ3v) is 5.48. The van der Waals surface area contributed by atoms with Gasteiger partial charge in [-0.25, -0.2) is 18.8 Å². The van der Waals surface area contributed by atoms with Crippen LogP contribution in [0, 0.1) is 0 Å². The molecule has 3 aromatic rings. The third-order valence-electron chi connectivity index (χ3n) is 5.48. The maximum absolute atomic E-state index is 15.6. The first-order valence-corrected chi connectivity index (χ1v) is 11.2. The van der Waals surface area contributed by atoms with E-state index in [0.29, 0.717) is 0 Å². The van der Waals surface area contributed by atoms with Gasteiger partial charge in [0.25, 0.3) is 0 Å². The molecular formula is C27H23FO8. The number of esters is 3. The molecule has 0 aliphatic carbocycles. The maximum Gasteiger partial charge on any atom is 0.338 e. The average Bonchev–Trinajstić information content (AvgIpc) is 2.92. The van der Waals surface area contributed by atoms with E-state index in [1.54, 1.807) is 54.6 Å². The Bertz CT molecular complexity index is 1170. The lowest BCUT2D eigenvalue weighted by Gasteiger charge is -2.40. The van der Waals surface area contributed by atoms with Crippen molar-refractivity contribution in [1.29, 1.82) is 0 Å². The van der Waals surface area contributed by atoms with Crippen molar-refractivity contribution < 1.29 is 42.8 Å². The number of hydrogen-bond donors (Lipinski definition) is 1. The van der Waals surface area contributed by atoms with E-state index in [2.05, 4.69) is 0 Å². The van der Waals surface area contributed by atoms with Crippen LogP contribution in [0.25, 0.3) is 0 Å². The molecule has 0 bridgehead atoms. The number of carbonyl (C=O) groups excluding carboxylic acids is 3. The molecule has 1 N–H and O–H groups in total. The maximum atomic E-state index is 15.6. The molecule has 4 unspecified atom stereocenters. The van der Waals surface area contributed by atoms with Crippen LogP contribution >= 0.6 is 0 Å². The molecule has 4 rings (SSSR count). The van der Waals surface area contributed by atoms with Crippen molar-refractivity contribution in [2.75, 3.05) is 6.61 Å². The van der Waals surface area contributed by atoms with Crippen molar-refractivity contribution in [2.24, 2.45) is 0 Å². The number of benzene rings is 3. The molecule has 5 atom stereocenters. The van der Waals surface area contributed by atoms with Crippen molar-refractivity contribution in [2.45, 2.75) is 30.8 Å². The zero-order chi connectivity index (χ0) is 25.5. The smallest absolute Gasteiger partial charge is 0.338 e. The van der Waals surface area contributed by atoms with Crippen LogP contribution in [0.1, 0.15) is 31.1 Å². The zero-order valence-corrected chi connectivity index (χ0v) is 18.9. The number of alkyl halides is 1. The highest BCUT2D eigenvalue weighted by Gasteiger charge is 2.51. The SMILES string of the molecule is O=C(OCC1OC(O)[C@H](OC(=O)c2ccccc2)C(OC(=O)c2ccccc2)C1F)c1ccccc1. The lowest BCUT2D eigenvalue weighted by Crippen LogP contribution is -2.60. The van der Waals surface area contributed by atoms with Gasteiger partial charge in [0.15, 0.2) is 24.7 Å². The van der Waals surface area contributed by atoms with Gasteiger partial charge in [-0.1, -0.05) is 54.6 Å². The Morgan fingerprint density at radius 2 is 1.11 bits per heavy atom. The molecule has 1 heterocycles. The standard InChI is InChI=1S/C27H23FO8/c28-21-20(16-33-24(29)17-10-4-1-5-11-17)34-27(32)23(36-26(31)19-14-8-3-9-15-19)22(21)35-25(30)18-12-6-2-7-13-18/h1-15,20-23,27,32H,16H2/t20?,21?,22?,23-,27?/m1/s1. The molecule has 1 aliphatic heterocycles. The minimum Gasteiger partial charge on any atom is -0.459 e. The van der Waals surface area contributed by atoms with Crippen molar-refractivity contribution in [3.63, 3.8) is 0 Å². The molecule has 0 aromatic heterocycles. The summed E-state index contributed by atoms with van der Waals surface area (Å²) in [7, 11) is 0. The summed E-state index contributed by atoms with van der Waals surface area (Å²) in [5.41, 5.74) is 0.518. The number of aliphatic hydroxyl groups excluding tert-OH is 1. The normalized spacial score (nSPS) is 23.3. The van der Waals surface area contributed by atoms with Crippen molar-refractivity contribution in [3.05, 3.63) is 108 Å². The number of ether oxygens (including phenoxy) is 4. The molecule has 0 radical (unpaired) electrons. The Morgan fingerprint density at radius 3 is 1.58 bits per heavy atom. The largest absolute Gasteiger partial charge is 0.459 e. The van der Waals surface area contributed by atoms with Crippen molar-refractivity contribution >= 4 is 17.9 Å². The highest BCUT2D eigenvalue weighted by Crippen LogP contribution is 2.29. The summed E-state index contributed by atoms with van der Waals surface area (Å²) in [6.07, 6.45) is -8.87. The van der Waals surface area contributed by atoms with Crippen LogP contribution in [0.3, 0.4) is 0 Å². The summed E-state index contributed by atoms with van der Waals surface area (Å²) in [5, 5.41) is 10.6. The van der Waals surface area contributed by atoms with Gasteiger partial charge in [-0.15, -0.1) is 0 Å². The van der Waals surface area contributed by atoms with Crippen LogP contribution in [0.4, 0.5) is 4.39 Å². The van der Waals surface area contributed by atoms with Gasteiger partial charge in [-0.2, -0.15) is 0 Å². The van der Waals surface area contributed by atoms with Gasteiger partial charge in [0.05, 0.1) is 16.7 Å². The first-order valence-electron chi connectivity index (χ1n) is 11.2. The molecule has 1 fully saturated rings. The van der Waals surface area contributed by atoms with Gasteiger partial charge in [-0.3, -0.25) is 0 Å². The van der Waals surface area contributed by atoms with Gasteiger partial charge >= 0.3 is 17.9 Å². The van der Waals surface area contributed by atoms with Gasteiger partial charge in [0.2, 0.25) is 0 Å². The topological polar surface area (TPSA) is 108 Å². The quantitative estimate of drug-likeness (QED) is 0.394. The Hall–Kier alpha value is -4.08. The fourth-order valence-corrected chi connectivity index (χ4v) is 3.62. The molecule has 0 amide bonds. The monoisotopic (exact) mass is 494 g/mol. The number of rotatable bonds is 7. The second-order valence-electron chi connectivity index (χ2n) is 7.95. The molecule has 186 valence electrons. The molecule has 8 nitrogen and oxygen atoms in total. The van der Waals surface area contributed by atoms with Crippen molar-refractivity contribution in [3.8, 4) is 0 Å². The van der Waals surface area contributed by atoms with Crippen LogP contribution < -0.4 is 0 Å². The molecule has 9 heteroatoms. The van der Waals surface area contributed by atoms with Crippen molar-refractivity contribution in [1.82, 2.24) is 0 Å². The van der Waals surface area contributed by atoms with Gasteiger partial charge in [0, 0.05) is 0 Å². The fraction of sp³-hybridized carbons (Fsp3) is 0.222. The summed E-state index contributed by atoms with van der Waals surface area (Å²) < 4.78 is 36.7. The minimum absolute atomic E-state index is 0.130. The van der Waals surface area contributed by atoms with E-state index in [0.717, 1.165) is 0 Å². The summed E-state index contributed by atoms with van der Waals surface area (Å²) in [4.78, 5) is 37.6. The Kier molecular flexibility index (Phi) is 8.04. The molecular weight excluding hydrogens is 471 g/mol. The first kappa shape index (κ1) is 25.0. The van der Waals surface area contributed by atoms with E-state index in [1.807, 2.05) is 0 Å². The number of aliphatic hydroxyl groups is 1. The second kappa shape index (κ2) is 11.6. The summed E-state index contributed by atoms with van der Waals surface area (Å²) in [5.74, 6) is -2.49. The van der Waals surface area contributed by atoms with E-state index in [-0.39, 0.29) is 16.7 Å². The number of carbonyl (C=O) groups is 3. The second-order valence-corrected chi connectivity index (χ2v) is 7.95. The van der Waals surface area contributed by atoms with Gasteiger partial charge in [0.1, 0.15) is 12.7 Å². The van der Waals surface area contributed by atoms with Gasteiger partial charge in [-0.05, 0) is 36.4 Å². The Labute approximate surface area is 206 Å². The van der Waals surface area contributed by atoms with E-state index in [1.165, 1.54) is 36.4 Å². The Balaban J connectivity index is 1.52. The van der Waals surface area contributed by atoms with Crippen LogP contribution in [-0.2, 0) is 18.9 Å². The average molecular weight is 494 g/mol. The molecule has 3 aromatic carbocycles. The van der Waals surface area contributed by atoms with Crippen LogP contribution in [0.15, 0.2) is 91.0 Å². The lowest BCUT2D eigenvalue weighted by molar-refractivity contribution is -0.273. The van der Waals surface area contributed by atoms with Crippen LogP contribution in [-0.4, -0.2) is 60.4 Å². The predicted octanol–water partition coefficient (Wildman–Crippen LogP) is 3.35. The predicted molar refractivity (Wildman–Crippen MR) is 124 cm³/mol. The molecule has 36 heavy (non-hydrogen) atoms. The third kappa shape index (κ3) is 5.94. The number of halogens is 1. The van der Waals surface area contributed by atoms with Crippen LogP contribution in [0.5, 0.6) is 0 Å². The summed E-state index contributed by atoms with van der Waals surface area (Å²) in [6.45, 7) is -0.579. The highest BCUT2D eigenvalue weighted by molar-refractivity contribution is 5.90. The Morgan fingerprint density at radius 1 is 0.694 bits per heavy atom. The highest BCUT2D eigenvalue weighted by atomic mass is 19.1. The van der Waals surface area contributed by atoms with E-state index in [9.17, 15) is 19.5 Å².